The highest BCUT2D eigenvalue weighted by Crippen LogP contribution is 2.26. The van der Waals surface area contributed by atoms with Crippen molar-refractivity contribution in [2.75, 3.05) is 26.8 Å². The van der Waals surface area contributed by atoms with E-state index >= 15 is 0 Å². The number of hydrogen-bond acceptors (Lipinski definition) is 5. The number of hydrogen-bond donors (Lipinski definition) is 1. The van der Waals surface area contributed by atoms with Gasteiger partial charge in [-0.25, -0.2) is 4.98 Å². The molecule has 0 saturated carbocycles. The van der Waals surface area contributed by atoms with Gasteiger partial charge in [-0.1, -0.05) is 0 Å². The van der Waals surface area contributed by atoms with Crippen molar-refractivity contribution >= 4 is 5.91 Å². The van der Waals surface area contributed by atoms with Crippen LogP contribution in [0.25, 0.3) is 0 Å². The fraction of sp³-hybridized carbons (Fsp3) is 0.611. The monoisotopic (exact) mass is 360 g/mol. The number of carbonyl (C=O) groups is 1. The van der Waals surface area contributed by atoms with Gasteiger partial charge in [-0.05, 0) is 13.8 Å². The van der Waals surface area contributed by atoms with Crippen LogP contribution < -0.4 is 5.32 Å². The molecule has 3 rings (SSSR count). The summed E-state index contributed by atoms with van der Waals surface area (Å²) < 4.78 is 9.07. The zero-order valence-electron chi connectivity index (χ0n) is 15.8. The number of amides is 1. The number of rotatable bonds is 8. The summed E-state index contributed by atoms with van der Waals surface area (Å²) in [5.74, 6) is 1.01. The van der Waals surface area contributed by atoms with E-state index in [1.54, 1.807) is 7.11 Å². The van der Waals surface area contributed by atoms with Gasteiger partial charge in [0.2, 0.25) is 5.91 Å². The van der Waals surface area contributed by atoms with Crippen LogP contribution in [0.4, 0.5) is 0 Å². The molecule has 8 nitrogen and oxygen atoms in total. The first-order chi connectivity index (χ1) is 12.6. The van der Waals surface area contributed by atoms with Crippen molar-refractivity contribution in [1.29, 1.82) is 0 Å². The highest BCUT2D eigenvalue weighted by molar-refractivity contribution is 5.78. The third-order valence-electron chi connectivity index (χ3n) is 4.77. The predicted octanol–water partition coefficient (Wildman–Crippen LogP) is 0.981. The molecule has 1 aliphatic rings. The molecular formula is C18H28N6O2. The molecule has 0 spiro atoms. The Morgan fingerprint density at radius 1 is 1.38 bits per heavy atom. The summed E-state index contributed by atoms with van der Waals surface area (Å²) in [6.45, 7) is 8.90. The van der Waals surface area contributed by atoms with Crippen LogP contribution >= 0.6 is 0 Å². The number of imidazole rings is 1. The average molecular weight is 360 g/mol. The maximum atomic E-state index is 12.0. The molecule has 1 N–H and O–H groups in total. The SMILES string of the molecule is CCn1cc(CN2CCn3cc(CC(=O)NCCOC)nc3[C@@H]2C)cn1. The van der Waals surface area contributed by atoms with E-state index < -0.39 is 0 Å². The Labute approximate surface area is 154 Å². The number of ether oxygens (including phenoxy) is 1. The zero-order chi connectivity index (χ0) is 18.5. The van der Waals surface area contributed by atoms with E-state index in [1.807, 2.05) is 17.1 Å². The van der Waals surface area contributed by atoms with Crippen LogP contribution in [0.2, 0.25) is 0 Å². The lowest BCUT2D eigenvalue weighted by atomic mass is 10.2. The van der Waals surface area contributed by atoms with Gasteiger partial charge in [0.05, 0.1) is 31.0 Å². The van der Waals surface area contributed by atoms with E-state index in [0.29, 0.717) is 19.6 Å². The molecule has 0 aliphatic carbocycles. The first-order valence-corrected chi connectivity index (χ1v) is 9.17. The van der Waals surface area contributed by atoms with Gasteiger partial charge in [-0.3, -0.25) is 14.4 Å². The van der Waals surface area contributed by atoms with Crippen LogP contribution in [0.15, 0.2) is 18.6 Å². The number of nitrogens with one attached hydrogen (secondary N) is 1. The summed E-state index contributed by atoms with van der Waals surface area (Å²) in [5.41, 5.74) is 2.04. The van der Waals surface area contributed by atoms with Crippen LogP contribution in [-0.4, -0.2) is 56.9 Å². The molecule has 3 heterocycles. The number of carbonyl (C=O) groups excluding carboxylic acids is 1. The molecule has 1 aliphatic heterocycles. The Kier molecular flexibility index (Phi) is 6.05. The van der Waals surface area contributed by atoms with Gasteiger partial charge in [0.15, 0.2) is 0 Å². The Morgan fingerprint density at radius 3 is 2.96 bits per heavy atom. The highest BCUT2D eigenvalue weighted by atomic mass is 16.5. The molecule has 0 saturated heterocycles. The standard InChI is InChI=1S/C18H28N6O2/c1-4-24-12-15(10-20-24)11-22-6-7-23-13-16(21-18(23)14(22)2)9-17(25)19-5-8-26-3/h10,12-14H,4-9,11H2,1-3H3,(H,19,25)/t14-/m0/s1. The van der Waals surface area contributed by atoms with Crippen LogP contribution in [-0.2, 0) is 35.6 Å². The second kappa shape index (κ2) is 8.46. The van der Waals surface area contributed by atoms with E-state index in [9.17, 15) is 4.79 Å². The molecule has 0 radical (unpaired) electrons. The van der Waals surface area contributed by atoms with Crippen molar-refractivity contribution in [3.63, 3.8) is 0 Å². The average Bonchev–Trinajstić information content (AvgIpc) is 3.24. The first-order valence-electron chi connectivity index (χ1n) is 9.17. The van der Waals surface area contributed by atoms with E-state index in [4.69, 9.17) is 9.72 Å². The molecular weight excluding hydrogens is 332 g/mol. The molecule has 1 amide bonds. The normalized spacial score (nSPS) is 17.3. The lowest BCUT2D eigenvalue weighted by Gasteiger charge is -2.33. The van der Waals surface area contributed by atoms with Crippen LogP contribution in [0.1, 0.15) is 37.0 Å². The Morgan fingerprint density at radius 2 is 2.23 bits per heavy atom. The lowest BCUT2D eigenvalue weighted by Crippen LogP contribution is -2.36. The van der Waals surface area contributed by atoms with E-state index in [-0.39, 0.29) is 11.9 Å². The minimum Gasteiger partial charge on any atom is -0.383 e. The molecule has 142 valence electrons. The maximum absolute atomic E-state index is 12.0. The number of methoxy groups -OCH3 is 1. The second-order valence-corrected chi connectivity index (χ2v) is 6.65. The lowest BCUT2D eigenvalue weighted by molar-refractivity contribution is -0.120. The Hall–Kier alpha value is -2.19. The molecule has 2 aromatic heterocycles. The second-order valence-electron chi connectivity index (χ2n) is 6.65. The summed E-state index contributed by atoms with van der Waals surface area (Å²) >= 11 is 0. The molecule has 1 atom stereocenters. The van der Waals surface area contributed by atoms with Crippen LogP contribution in [0.3, 0.4) is 0 Å². The number of aromatic nitrogens is 4. The molecule has 0 bridgehead atoms. The third kappa shape index (κ3) is 4.31. The molecule has 0 fully saturated rings. The van der Waals surface area contributed by atoms with E-state index in [0.717, 1.165) is 37.7 Å². The summed E-state index contributed by atoms with van der Waals surface area (Å²) in [7, 11) is 1.62. The van der Waals surface area contributed by atoms with Crippen LogP contribution in [0, 0.1) is 0 Å². The van der Waals surface area contributed by atoms with Crippen molar-refractivity contribution < 1.29 is 9.53 Å². The Bertz CT molecular complexity index is 738. The highest BCUT2D eigenvalue weighted by Gasteiger charge is 2.26. The quantitative estimate of drug-likeness (QED) is 0.710. The molecule has 0 unspecified atom stereocenters. The van der Waals surface area contributed by atoms with Gasteiger partial charge in [-0.2, -0.15) is 5.10 Å². The summed E-state index contributed by atoms with van der Waals surface area (Å²) in [5, 5.41) is 7.19. The van der Waals surface area contributed by atoms with E-state index in [2.05, 4.69) is 39.9 Å². The minimum absolute atomic E-state index is 0.0195. The van der Waals surface area contributed by atoms with Crippen molar-refractivity contribution in [3.8, 4) is 0 Å². The molecule has 26 heavy (non-hydrogen) atoms. The smallest absolute Gasteiger partial charge is 0.226 e. The van der Waals surface area contributed by atoms with Crippen molar-refractivity contribution in [1.82, 2.24) is 29.5 Å². The van der Waals surface area contributed by atoms with Gasteiger partial charge >= 0.3 is 0 Å². The topological polar surface area (TPSA) is 77.2 Å². The summed E-state index contributed by atoms with van der Waals surface area (Å²) in [6.07, 6.45) is 6.35. The van der Waals surface area contributed by atoms with Gasteiger partial charge in [-0.15, -0.1) is 0 Å². The fourth-order valence-electron chi connectivity index (χ4n) is 3.31. The number of fused-ring (bicyclic) bond motifs is 1. The van der Waals surface area contributed by atoms with Crippen molar-refractivity contribution in [2.24, 2.45) is 0 Å². The zero-order valence-corrected chi connectivity index (χ0v) is 15.8. The predicted molar refractivity (Wildman–Crippen MR) is 97.5 cm³/mol. The van der Waals surface area contributed by atoms with Gasteiger partial charge in [0.1, 0.15) is 5.82 Å². The largest absolute Gasteiger partial charge is 0.383 e. The van der Waals surface area contributed by atoms with Gasteiger partial charge < -0.3 is 14.6 Å². The minimum atomic E-state index is -0.0195. The summed E-state index contributed by atoms with van der Waals surface area (Å²) in [4.78, 5) is 19.1. The van der Waals surface area contributed by atoms with Gasteiger partial charge in [0.25, 0.3) is 0 Å². The molecule has 8 heteroatoms. The number of nitrogens with zero attached hydrogens (tertiary/aromatic N) is 5. The molecule has 2 aromatic rings. The first kappa shape index (κ1) is 18.6. The Balaban J connectivity index is 1.61. The van der Waals surface area contributed by atoms with Crippen LogP contribution in [0.5, 0.6) is 0 Å². The van der Waals surface area contributed by atoms with E-state index in [1.165, 1.54) is 5.56 Å². The molecule has 0 aromatic carbocycles. The third-order valence-corrected chi connectivity index (χ3v) is 4.77. The van der Waals surface area contributed by atoms with Crippen molar-refractivity contribution in [3.05, 3.63) is 35.7 Å². The van der Waals surface area contributed by atoms with Gasteiger partial charge in [0, 0.05) is 57.8 Å². The van der Waals surface area contributed by atoms with Crippen molar-refractivity contribution in [2.45, 2.75) is 45.9 Å². The maximum Gasteiger partial charge on any atom is 0.226 e. The number of aryl methyl sites for hydroxylation is 1. The summed E-state index contributed by atoms with van der Waals surface area (Å²) in [6, 6.07) is 0.207. The fourth-order valence-corrected chi connectivity index (χ4v) is 3.31.